The molecule has 0 aromatic heterocycles. The molecule has 0 unspecified atom stereocenters. The zero-order valence-corrected chi connectivity index (χ0v) is 10.2. The van der Waals surface area contributed by atoms with Crippen molar-refractivity contribution >= 4 is 17.3 Å². The monoisotopic (exact) mass is 240 g/mol. The molecule has 1 aromatic carbocycles. The van der Waals surface area contributed by atoms with E-state index < -0.39 is 0 Å². The number of ether oxygens (including phenoxy) is 1. The van der Waals surface area contributed by atoms with Gasteiger partial charge in [-0.3, -0.25) is 0 Å². The molecule has 0 atom stereocenters. The molecule has 0 spiro atoms. The Bertz CT molecular complexity index is 366. The first-order chi connectivity index (χ1) is 7.66. The molecule has 0 radical (unpaired) electrons. The standard InChI is InChI=1S/C12H17ClN2O/c1-15(10-3-4-10)6-7-16-12-8-9(13)2-5-11(12)14/h2,5,8,10H,3-4,6-7,14H2,1H3. The van der Waals surface area contributed by atoms with E-state index in [0.717, 1.165) is 12.6 Å². The molecule has 0 bridgehead atoms. The zero-order valence-electron chi connectivity index (χ0n) is 9.45. The van der Waals surface area contributed by atoms with E-state index in [9.17, 15) is 0 Å². The lowest BCUT2D eigenvalue weighted by Gasteiger charge is -2.16. The topological polar surface area (TPSA) is 38.5 Å². The number of rotatable bonds is 5. The van der Waals surface area contributed by atoms with Crippen LogP contribution in [0, 0.1) is 0 Å². The minimum absolute atomic E-state index is 0.637. The van der Waals surface area contributed by atoms with Crippen LogP contribution in [0.15, 0.2) is 18.2 Å². The fourth-order valence-electron chi connectivity index (χ4n) is 1.63. The number of nitrogens with two attached hydrogens (primary N) is 1. The van der Waals surface area contributed by atoms with Crippen LogP contribution in [-0.2, 0) is 0 Å². The Labute approximate surface area is 101 Å². The summed E-state index contributed by atoms with van der Waals surface area (Å²) >= 11 is 5.87. The first-order valence-electron chi connectivity index (χ1n) is 5.55. The first kappa shape index (κ1) is 11.6. The third kappa shape index (κ3) is 3.03. The molecule has 16 heavy (non-hydrogen) atoms. The summed E-state index contributed by atoms with van der Waals surface area (Å²) in [5.41, 5.74) is 6.42. The maximum Gasteiger partial charge on any atom is 0.143 e. The Balaban J connectivity index is 1.81. The molecule has 2 rings (SSSR count). The molecule has 4 heteroatoms. The van der Waals surface area contributed by atoms with Gasteiger partial charge in [0.2, 0.25) is 0 Å². The maximum absolute atomic E-state index is 5.87. The molecule has 1 aliphatic carbocycles. The van der Waals surface area contributed by atoms with Crippen molar-refractivity contribution in [3.63, 3.8) is 0 Å². The van der Waals surface area contributed by atoms with Crippen molar-refractivity contribution in [3.8, 4) is 5.75 Å². The molecule has 1 fully saturated rings. The average Bonchev–Trinajstić information content (AvgIpc) is 3.06. The highest BCUT2D eigenvalue weighted by Crippen LogP contribution is 2.26. The van der Waals surface area contributed by atoms with Crippen LogP contribution >= 0.6 is 11.6 Å². The fraction of sp³-hybridized carbons (Fsp3) is 0.500. The summed E-state index contributed by atoms with van der Waals surface area (Å²) in [6.07, 6.45) is 2.63. The number of halogens is 1. The van der Waals surface area contributed by atoms with Gasteiger partial charge >= 0.3 is 0 Å². The molecule has 0 aliphatic heterocycles. The molecule has 0 saturated heterocycles. The number of hydrogen-bond acceptors (Lipinski definition) is 3. The second-order valence-corrected chi connectivity index (χ2v) is 4.68. The molecule has 1 aromatic rings. The predicted octanol–water partition coefficient (Wildman–Crippen LogP) is 2.40. The van der Waals surface area contributed by atoms with E-state index in [1.807, 2.05) is 0 Å². The highest BCUT2D eigenvalue weighted by molar-refractivity contribution is 6.30. The van der Waals surface area contributed by atoms with E-state index in [-0.39, 0.29) is 0 Å². The van der Waals surface area contributed by atoms with E-state index in [4.69, 9.17) is 22.1 Å². The smallest absolute Gasteiger partial charge is 0.143 e. The van der Waals surface area contributed by atoms with Crippen molar-refractivity contribution in [1.29, 1.82) is 0 Å². The molecule has 2 N–H and O–H groups in total. The summed E-state index contributed by atoms with van der Waals surface area (Å²) in [5, 5.41) is 0.653. The van der Waals surface area contributed by atoms with Gasteiger partial charge in [0.1, 0.15) is 12.4 Å². The van der Waals surface area contributed by atoms with Gasteiger partial charge in [0.05, 0.1) is 5.69 Å². The van der Waals surface area contributed by atoms with Crippen LogP contribution in [0.1, 0.15) is 12.8 Å². The largest absolute Gasteiger partial charge is 0.490 e. The first-order valence-corrected chi connectivity index (χ1v) is 5.92. The molecule has 1 aliphatic rings. The summed E-state index contributed by atoms with van der Waals surface area (Å²) in [6.45, 7) is 1.58. The quantitative estimate of drug-likeness (QED) is 0.804. The van der Waals surface area contributed by atoms with Crippen LogP contribution < -0.4 is 10.5 Å². The highest BCUT2D eigenvalue weighted by atomic mass is 35.5. The van der Waals surface area contributed by atoms with Gasteiger partial charge in [-0.05, 0) is 32.0 Å². The van der Waals surface area contributed by atoms with Crippen molar-refractivity contribution in [3.05, 3.63) is 23.2 Å². The molecular formula is C12H17ClN2O. The van der Waals surface area contributed by atoms with Crippen LogP contribution in [0.3, 0.4) is 0 Å². The summed E-state index contributed by atoms with van der Waals surface area (Å²) < 4.78 is 5.62. The van der Waals surface area contributed by atoms with Gasteiger partial charge in [0.15, 0.2) is 0 Å². The normalized spacial score (nSPS) is 15.4. The second kappa shape index (κ2) is 4.93. The second-order valence-electron chi connectivity index (χ2n) is 4.24. The van der Waals surface area contributed by atoms with E-state index >= 15 is 0 Å². The van der Waals surface area contributed by atoms with Crippen molar-refractivity contribution in [2.75, 3.05) is 25.9 Å². The third-order valence-corrected chi connectivity index (χ3v) is 3.08. The molecule has 0 heterocycles. The van der Waals surface area contributed by atoms with E-state index in [1.54, 1.807) is 18.2 Å². The number of anilines is 1. The number of hydrogen-bond donors (Lipinski definition) is 1. The molecule has 88 valence electrons. The highest BCUT2D eigenvalue weighted by Gasteiger charge is 2.25. The average molecular weight is 241 g/mol. The summed E-state index contributed by atoms with van der Waals surface area (Å²) in [7, 11) is 2.13. The SMILES string of the molecule is CN(CCOc1cc(Cl)ccc1N)C1CC1. The van der Waals surface area contributed by atoms with Gasteiger partial charge in [-0.2, -0.15) is 0 Å². The van der Waals surface area contributed by atoms with Crippen molar-refractivity contribution in [2.45, 2.75) is 18.9 Å². The molecule has 3 nitrogen and oxygen atoms in total. The number of nitrogen functional groups attached to an aromatic ring is 1. The Morgan fingerprint density at radius 2 is 2.25 bits per heavy atom. The van der Waals surface area contributed by atoms with Gasteiger partial charge < -0.3 is 15.4 Å². The lowest BCUT2D eigenvalue weighted by atomic mass is 10.3. The van der Waals surface area contributed by atoms with Gasteiger partial charge in [-0.15, -0.1) is 0 Å². The summed E-state index contributed by atoms with van der Waals surface area (Å²) in [5.74, 6) is 0.677. The van der Waals surface area contributed by atoms with Crippen LogP contribution in [0.2, 0.25) is 5.02 Å². The summed E-state index contributed by atoms with van der Waals surface area (Å²) in [6, 6.07) is 6.05. The van der Waals surface area contributed by atoms with Gasteiger partial charge in [0.25, 0.3) is 0 Å². The Hall–Kier alpha value is -0.930. The van der Waals surface area contributed by atoms with Gasteiger partial charge in [0, 0.05) is 23.7 Å². The molecule has 0 amide bonds. The predicted molar refractivity (Wildman–Crippen MR) is 67.0 cm³/mol. The van der Waals surface area contributed by atoms with Crippen molar-refractivity contribution in [1.82, 2.24) is 4.90 Å². The molecule has 1 saturated carbocycles. The zero-order chi connectivity index (χ0) is 11.5. The Kier molecular flexibility index (Phi) is 3.56. The Morgan fingerprint density at radius 1 is 1.50 bits per heavy atom. The van der Waals surface area contributed by atoms with Crippen molar-refractivity contribution < 1.29 is 4.74 Å². The number of benzene rings is 1. The van der Waals surface area contributed by atoms with Crippen molar-refractivity contribution in [2.24, 2.45) is 0 Å². The lowest BCUT2D eigenvalue weighted by Crippen LogP contribution is -2.26. The molecular weight excluding hydrogens is 224 g/mol. The number of likely N-dealkylation sites (N-methyl/N-ethyl adjacent to an activating group) is 1. The minimum atomic E-state index is 0.637. The van der Waals surface area contributed by atoms with E-state index in [0.29, 0.717) is 23.1 Å². The van der Waals surface area contributed by atoms with Gasteiger partial charge in [-0.25, -0.2) is 0 Å². The van der Waals surface area contributed by atoms with Gasteiger partial charge in [-0.1, -0.05) is 11.6 Å². The maximum atomic E-state index is 5.87. The Morgan fingerprint density at radius 3 is 2.94 bits per heavy atom. The third-order valence-electron chi connectivity index (χ3n) is 2.85. The number of nitrogens with zero attached hydrogens (tertiary/aromatic N) is 1. The minimum Gasteiger partial charge on any atom is -0.490 e. The fourth-order valence-corrected chi connectivity index (χ4v) is 1.79. The van der Waals surface area contributed by atoms with Crippen LogP contribution in [0.5, 0.6) is 5.75 Å². The van der Waals surface area contributed by atoms with E-state index in [1.165, 1.54) is 12.8 Å². The summed E-state index contributed by atoms with van der Waals surface area (Å²) in [4.78, 5) is 2.32. The van der Waals surface area contributed by atoms with Crippen LogP contribution in [-0.4, -0.2) is 31.1 Å². The van der Waals surface area contributed by atoms with E-state index in [2.05, 4.69) is 11.9 Å². The van der Waals surface area contributed by atoms with Crippen LogP contribution in [0.25, 0.3) is 0 Å². The van der Waals surface area contributed by atoms with Crippen LogP contribution in [0.4, 0.5) is 5.69 Å². The lowest BCUT2D eigenvalue weighted by molar-refractivity contribution is 0.232.